The van der Waals surface area contributed by atoms with Crippen molar-refractivity contribution in [3.63, 3.8) is 0 Å². The molecule has 2 nitrogen and oxygen atoms in total. The lowest BCUT2D eigenvalue weighted by molar-refractivity contribution is -0.0328. The van der Waals surface area contributed by atoms with E-state index in [2.05, 4.69) is 6.07 Å². The second-order valence-electron chi connectivity index (χ2n) is 6.02. The normalized spacial score (nSPS) is 15.0. The molecule has 0 radical (unpaired) electrons. The Hall–Kier alpha value is -2.65. The van der Waals surface area contributed by atoms with E-state index in [0.717, 1.165) is 33.4 Å². The van der Waals surface area contributed by atoms with Crippen molar-refractivity contribution in [2.45, 2.75) is 23.7 Å². The summed E-state index contributed by atoms with van der Waals surface area (Å²) in [4.78, 5) is 0.152. The minimum absolute atomic E-state index is 0.128. The molecular formula is C21H16F3NOS. The molecule has 0 amide bonds. The Morgan fingerprint density at radius 3 is 2.41 bits per heavy atom. The van der Waals surface area contributed by atoms with Gasteiger partial charge in [0.1, 0.15) is 5.75 Å². The zero-order chi connectivity index (χ0) is 19.6. The fraction of sp³-hybridized carbons (Fsp3) is 0.190. The molecule has 0 heterocycles. The Labute approximate surface area is 160 Å². The first-order valence-corrected chi connectivity index (χ1v) is 8.97. The van der Waals surface area contributed by atoms with Crippen molar-refractivity contribution in [3.05, 3.63) is 64.7 Å². The van der Waals surface area contributed by atoms with Crippen LogP contribution in [-0.4, -0.2) is 12.6 Å². The van der Waals surface area contributed by atoms with E-state index in [1.165, 1.54) is 12.1 Å². The predicted octanol–water partition coefficient (Wildman–Crippen LogP) is 6.55. The number of alkyl halides is 3. The number of hydrogen-bond donors (Lipinski definition) is 0. The van der Waals surface area contributed by atoms with Crippen molar-refractivity contribution in [1.29, 1.82) is 5.26 Å². The van der Waals surface area contributed by atoms with Crippen molar-refractivity contribution >= 4 is 29.0 Å². The Kier molecular flexibility index (Phi) is 5.33. The molecule has 6 heteroatoms. The predicted molar refractivity (Wildman–Crippen MR) is 102 cm³/mol. The number of halogens is 3. The summed E-state index contributed by atoms with van der Waals surface area (Å²) in [6.07, 6.45) is 2.22. The largest absolute Gasteiger partial charge is 0.497 e. The van der Waals surface area contributed by atoms with Gasteiger partial charge < -0.3 is 4.74 Å². The van der Waals surface area contributed by atoms with Crippen LogP contribution in [0.4, 0.5) is 13.2 Å². The summed E-state index contributed by atoms with van der Waals surface area (Å²) in [7, 11) is 1.59. The molecule has 2 aromatic carbocycles. The van der Waals surface area contributed by atoms with Crippen LogP contribution in [0.5, 0.6) is 5.75 Å². The van der Waals surface area contributed by atoms with Gasteiger partial charge in [0.25, 0.3) is 0 Å². The highest BCUT2D eigenvalue weighted by molar-refractivity contribution is 8.00. The van der Waals surface area contributed by atoms with Gasteiger partial charge in [-0.05, 0) is 82.4 Å². The van der Waals surface area contributed by atoms with Gasteiger partial charge in [-0.3, -0.25) is 0 Å². The lowest BCUT2D eigenvalue weighted by Gasteiger charge is -2.08. The topological polar surface area (TPSA) is 33.0 Å². The monoisotopic (exact) mass is 387 g/mol. The van der Waals surface area contributed by atoms with Crippen molar-refractivity contribution in [1.82, 2.24) is 0 Å². The summed E-state index contributed by atoms with van der Waals surface area (Å²) in [5, 5.41) is 9.17. The summed E-state index contributed by atoms with van der Waals surface area (Å²) >= 11 is -0.128. The van der Waals surface area contributed by atoms with Gasteiger partial charge in [0.2, 0.25) is 0 Å². The van der Waals surface area contributed by atoms with Crippen LogP contribution in [0.15, 0.2) is 52.9 Å². The highest BCUT2D eigenvalue weighted by Gasteiger charge is 2.29. The summed E-state index contributed by atoms with van der Waals surface area (Å²) in [5.41, 5.74) is 1.37. The minimum Gasteiger partial charge on any atom is -0.497 e. The van der Waals surface area contributed by atoms with E-state index < -0.39 is 5.51 Å². The zero-order valence-corrected chi connectivity index (χ0v) is 15.5. The minimum atomic E-state index is -4.30. The molecule has 2 aromatic rings. The number of nitriles is 1. The fourth-order valence-corrected chi connectivity index (χ4v) is 3.67. The molecule has 27 heavy (non-hydrogen) atoms. The molecule has 0 spiro atoms. The van der Waals surface area contributed by atoms with E-state index in [1.807, 2.05) is 31.2 Å². The van der Waals surface area contributed by atoms with E-state index >= 15 is 0 Å². The first-order chi connectivity index (χ1) is 12.8. The molecular weight excluding hydrogens is 371 g/mol. The van der Waals surface area contributed by atoms with E-state index in [-0.39, 0.29) is 23.1 Å². The number of methoxy groups -OCH3 is 1. The van der Waals surface area contributed by atoms with Crippen molar-refractivity contribution in [2.24, 2.45) is 0 Å². The van der Waals surface area contributed by atoms with Gasteiger partial charge in [-0.15, -0.1) is 0 Å². The number of ether oxygens (including phenoxy) is 1. The molecule has 0 bridgehead atoms. The van der Waals surface area contributed by atoms with Crippen LogP contribution in [0.3, 0.4) is 0 Å². The number of fused-ring (bicyclic) bond motifs is 1. The smallest absolute Gasteiger partial charge is 0.446 e. The quantitative estimate of drug-likeness (QED) is 0.558. The molecule has 1 aliphatic carbocycles. The van der Waals surface area contributed by atoms with Crippen LogP contribution in [0.2, 0.25) is 0 Å². The number of nitrogens with zero attached hydrogens (tertiary/aromatic N) is 1. The highest BCUT2D eigenvalue weighted by atomic mass is 32.2. The van der Waals surface area contributed by atoms with Crippen LogP contribution in [0.25, 0.3) is 17.2 Å². The molecule has 0 aromatic heterocycles. The third-order valence-corrected chi connectivity index (χ3v) is 5.12. The summed E-state index contributed by atoms with van der Waals surface area (Å²) in [6, 6.07) is 14.2. The second-order valence-corrected chi connectivity index (χ2v) is 7.16. The number of hydrogen-bond acceptors (Lipinski definition) is 3. The van der Waals surface area contributed by atoms with Gasteiger partial charge in [-0.2, -0.15) is 18.4 Å². The average molecular weight is 387 g/mol. The first kappa shape index (κ1) is 19.1. The van der Waals surface area contributed by atoms with E-state index in [0.29, 0.717) is 5.75 Å². The third kappa shape index (κ3) is 4.20. The molecule has 0 aliphatic heterocycles. The van der Waals surface area contributed by atoms with Crippen LogP contribution in [0, 0.1) is 11.3 Å². The molecule has 0 atom stereocenters. The number of thioether (sulfide) groups is 1. The molecule has 0 N–H and O–H groups in total. The van der Waals surface area contributed by atoms with Crippen molar-refractivity contribution in [2.75, 3.05) is 7.11 Å². The summed E-state index contributed by atoms with van der Waals surface area (Å²) in [5.74, 6) is 0.715. The Balaban J connectivity index is 2.00. The SMILES string of the molecule is COc1ccc2c(c1)C(CC#N)=C(C)C2=Cc1ccc(SC(F)(F)F)cc1. The van der Waals surface area contributed by atoms with E-state index in [1.54, 1.807) is 19.2 Å². The molecule has 0 saturated heterocycles. The Bertz CT molecular complexity index is 966. The van der Waals surface area contributed by atoms with Crippen LogP contribution >= 0.6 is 11.8 Å². The molecule has 3 rings (SSSR count). The van der Waals surface area contributed by atoms with Gasteiger partial charge in [0, 0.05) is 4.90 Å². The maximum Gasteiger partial charge on any atom is 0.446 e. The number of rotatable bonds is 4. The van der Waals surface area contributed by atoms with Gasteiger partial charge in [-0.1, -0.05) is 18.2 Å². The lowest BCUT2D eigenvalue weighted by Crippen LogP contribution is -1.98. The van der Waals surface area contributed by atoms with Gasteiger partial charge in [-0.25, -0.2) is 0 Å². The molecule has 0 saturated carbocycles. The van der Waals surface area contributed by atoms with Crippen LogP contribution in [-0.2, 0) is 0 Å². The maximum atomic E-state index is 12.5. The summed E-state index contributed by atoms with van der Waals surface area (Å²) in [6.45, 7) is 1.96. The second kappa shape index (κ2) is 7.53. The molecule has 138 valence electrons. The number of allylic oxidation sites excluding steroid dienone is 3. The van der Waals surface area contributed by atoms with Gasteiger partial charge in [0.05, 0.1) is 19.6 Å². The molecule has 1 aliphatic rings. The van der Waals surface area contributed by atoms with Gasteiger partial charge in [0.15, 0.2) is 0 Å². The highest BCUT2D eigenvalue weighted by Crippen LogP contribution is 2.45. The standard InChI is InChI=1S/C21H16F3NOS/c1-13-17(9-10-25)20-12-15(26-2)5-8-18(20)19(13)11-14-3-6-16(7-4-14)27-21(22,23)24/h3-8,11-12H,9H2,1-2H3. The van der Waals surface area contributed by atoms with E-state index in [9.17, 15) is 13.2 Å². The average Bonchev–Trinajstić information content (AvgIpc) is 2.87. The third-order valence-electron chi connectivity index (χ3n) is 4.38. The van der Waals surface area contributed by atoms with Crippen LogP contribution < -0.4 is 4.74 Å². The summed E-state index contributed by atoms with van der Waals surface area (Å²) < 4.78 is 42.7. The maximum absolute atomic E-state index is 12.5. The first-order valence-electron chi connectivity index (χ1n) is 8.16. The number of benzene rings is 2. The zero-order valence-electron chi connectivity index (χ0n) is 14.7. The Morgan fingerprint density at radius 1 is 1.11 bits per heavy atom. The molecule has 0 unspecified atom stereocenters. The van der Waals surface area contributed by atoms with Crippen LogP contribution in [0.1, 0.15) is 30.0 Å². The molecule has 0 fully saturated rings. The fourth-order valence-electron chi connectivity index (χ4n) is 3.13. The Morgan fingerprint density at radius 2 is 1.81 bits per heavy atom. The van der Waals surface area contributed by atoms with E-state index in [4.69, 9.17) is 10.00 Å². The van der Waals surface area contributed by atoms with Gasteiger partial charge >= 0.3 is 5.51 Å². The van der Waals surface area contributed by atoms with Crippen molar-refractivity contribution in [3.8, 4) is 11.8 Å². The van der Waals surface area contributed by atoms with Crippen molar-refractivity contribution < 1.29 is 17.9 Å². The lowest BCUT2D eigenvalue weighted by atomic mass is 10.0.